The number of anilines is 1. The molecule has 2 heterocycles. The Morgan fingerprint density at radius 1 is 1.10 bits per heavy atom. The van der Waals surface area contributed by atoms with E-state index in [0.717, 1.165) is 17.1 Å². The number of non-ortho nitro benzene ring substituents is 1. The minimum atomic E-state index is -0.438. The standard InChI is InChI=1S/C22H17N3O4S2/c1-2-29-19-11-9-16(10-12-19)24-21(26)20(31-22(24)30)14-18-4-3-13-23(18)15-5-7-17(8-6-15)25(27)28/h3-14H,2H2,1H3/b20-14-. The fourth-order valence-corrected chi connectivity index (χ4v) is 4.45. The summed E-state index contributed by atoms with van der Waals surface area (Å²) in [6.07, 6.45) is 3.61. The molecule has 0 spiro atoms. The Hall–Kier alpha value is -3.43. The van der Waals surface area contributed by atoms with Crippen molar-refractivity contribution in [3.8, 4) is 11.4 Å². The molecule has 0 bridgehead atoms. The molecule has 0 unspecified atom stereocenters. The van der Waals surface area contributed by atoms with Crippen molar-refractivity contribution in [3.63, 3.8) is 0 Å². The number of amides is 1. The van der Waals surface area contributed by atoms with Crippen LogP contribution in [0.5, 0.6) is 5.75 Å². The van der Waals surface area contributed by atoms with Crippen LogP contribution in [0.4, 0.5) is 11.4 Å². The van der Waals surface area contributed by atoms with Gasteiger partial charge in [0.15, 0.2) is 4.32 Å². The molecule has 1 saturated heterocycles. The molecule has 2 aromatic carbocycles. The van der Waals surface area contributed by atoms with Crippen molar-refractivity contribution in [2.24, 2.45) is 0 Å². The molecule has 1 aromatic heterocycles. The Balaban J connectivity index is 1.60. The predicted octanol–water partition coefficient (Wildman–Crippen LogP) is 5.19. The van der Waals surface area contributed by atoms with Gasteiger partial charge in [0.25, 0.3) is 11.6 Å². The van der Waals surface area contributed by atoms with Crippen molar-refractivity contribution >= 4 is 51.7 Å². The second-order valence-electron chi connectivity index (χ2n) is 6.52. The number of nitro groups is 1. The van der Waals surface area contributed by atoms with Crippen molar-refractivity contribution in [1.29, 1.82) is 0 Å². The van der Waals surface area contributed by atoms with Crippen LogP contribution >= 0.6 is 24.0 Å². The summed E-state index contributed by atoms with van der Waals surface area (Å²) in [6, 6.07) is 17.2. The smallest absolute Gasteiger partial charge is 0.270 e. The Morgan fingerprint density at radius 2 is 1.77 bits per heavy atom. The molecule has 1 amide bonds. The highest BCUT2D eigenvalue weighted by atomic mass is 32.2. The summed E-state index contributed by atoms with van der Waals surface area (Å²) in [5, 5.41) is 10.9. The summed E-state index contributed by atoms with van der Waals surface area (Å²) in [5.74, 6) is 0.531. The van der Waals surface area contributed by atoms with Crippen LogP contribution in [-0.4, -0.2) is 26.3 Å². The van der Waals surface area contributed by atoms with Gasteiger partial charge < -0.3 is 9.30 Å². The van der Waals surface area contributed by atoms with Crippen molar-refractivity contribution in [2.45, 2.75) is 6.92 Å². The van der Waals surface area contributed by atoms with E-state index in [0.29, 0.717) is 21.5 Å². The molecule has 0 saturated carbocycles. The Morgan fingerprint density at radius 3 is 2.42 bits per heavy atom. The van der Waals surface area contributed by atoms with Crippen LogP contribution in [0.1, 0.15) is 12.6 Å². The summed E-state index contributed by atoms with van der Waals surface area (Å²) in [7, 11) is 0. The number of ether oxygens (including phenoxy) is 1. The van der Waals surface area contributed by atoms with Gasteiger partial charge >= 0.3 is 0 Å². The fourth-order valence-electron chi connectivity index (χ4n) is 3.16. The maximum Gasteiger partial charge on any atom is 0.270 e. The quantitative estimate of drug-likeness (QED) is 0.222. The number of hydrogen-bond acceptors (Lipinski definition) is 6. The SMILES string of the molecule is CCOc1ccc(N2C(=O)/C(=C/c3cccn3-c3ccc([N+](=O)[O-])cc3)SC2=S)cc1. The molecule has 7 nitrogen and oxygen atoms in total. The lowest BCUT2D eigenvalue weighted by molar-refractivity contribution is -0.384. The van der Waals surface area contributed by atoms with Gasteiger partial charge in [-0.15, -0.1) is 0 Å². The van der Waals surface area contributed by atoms with E-state index >= 15 is 0 Å². The van der Waals surface area contributed by atoms with Gasteiger partial charge in [0, 0.05) is 29.7 Å². The van der Waals surface area contributed by atoms with E-state index in [9.17, 15) is 14.9 Å². The summed E-state index contributed by atoms with van der Waals surface area (Å²) in [5.41, 5.74) is 2.22. The van der Waals surface area contributed by atoms with Crippen molar-refractivity contribution in [3.05, 3.63) is 87.6 Å². The van der Waals surface area contributed by atoms with Crippen LogP contribution in [0.2, 0.25) is 0 Å². The van der Waals surface area contributed by atoms with Crippen LogP contribution in [0.3, 0.4) is 0 Å². The first kappa shape index (κ1) is 20.8. The molecule has 31 heavy (non-hydrogen) atoms. The summed E-state index contributed by atoms with van der Waals surface area (Å²) in [6.45, 7) is 2.48. The third kappa shape index (κ3) is 4.23. The lowest BCUT2D eigenvalue weighted by atomic mass is 10.2. The van der Waals surface area contributed by atoms with E-state index in [1.54, 1.807) is 42.5 Å². The second-order valence-corrected chi connectivity index (χ2v) is 8.20. The zero-order valence-corrected chi connectivity index (χ0v) is 18.1. The number of aromatic nitrogens is 1. The molecule has 0 N–H and O–H groups in total. The molecule has 1 fully saturated rings. The molecule has 1 aliphatic rings. The van der Waals surface area contributed by atoms with Gasteiger partial charge in [-0.2, -0.15) is 0 Å². The van der Waals surface area contributed by atoms with Gasteiger partial charge in [-0.25, -0.2) is 0 Å². The number of hydrogen-bond donors (Lipinski definition) is 0. The van der Waals surface area contributed by atoms with Crippen LogP contribution in [-0.2, 0) is 4.79 Å². The van der Waals surface area contributed by atoms with Gasteiger partial charge in [0.1, 0.15) is 5.75 Å². The number of nitro benzene ring substituents is 1. The number of benzene rings is 2. The molecule has 9 heteroatoms. The first-order valence-corrected chi connectivity index (χ1v) is 10.6. The summed E-state index contributed by atoms with van der Waals surface area (Å²) in [4.78, 5) is 25.5. The van der Waals surface area contributed by atoms with Crippen LogP contribution in [0.25, 0.3) is 11.8 Å². The van der Waals surface area contributed by atoms with Crippen molar-refractivity contribution in [2.75, 3.05) is 11.5 Å². The van der Waals surface area contributed by atoms with Crippen LogP contribution < -0.4 is 9.64 Å². The summed E-state index contributed by atoms with van der Waals surface area (Å²) < 4.78 is 7.76. The summed E-state index contributed by atoms with van der Waals surface area (Å²) >= 11 is 6.68. The Kier molecular flexibility index (Phi) is 5.88. The molecule has 3 aromatic rings. The number of carbonyl (C=O) groups excluding carboxylic acids is 1. The number of carbonyl (C=O) groups is 1. The lowest BCUT2D eigenvalue weighted by Gasteiger charge is -2.15. The van der Waals surface area contributed by atoms with E-state index < -0.39 is 4.92 Å². The number of thiocarbonyl (C=S) groups is 1. The first-order chi connectivity index (χ1) is 15.0. The van der Waals surface area contributed by atoms with E-state index in [-0.39, 0.29) is 11.6 Å². The average Bonchev–Trinajstić information content (AvgIpc) is 3.33. The highest BCUT2D eigenvalue weighted by Gasteiger charge is 2.33. The van der Waals surface area contributed by atoms with E-state index in [1.807, 2.05) is 29.8 Å². The molecular weight excluding hydrogens is 434 g/mol. The molecule has 0 aliphatic carbocycles. The number of rotatable bonds is 6. The van der Waals surface area contributed by atoms with Crippen LogP contribution in [0.15, 0.2) is 71.8 Å². The second kappa shape index (κ2) is 8.75. The van der Waals surface area contributed by atoms with E-state index in [1.165, 1.54) is 28.8 Å². The highest BCUT2D eigenvalue weighted by Crippen LogP contribution is 2.36. The molecule has 0 atom stereocenters. The van der Waals surface area contributed by atoms with Gasteiger partial charge in [-0.3, -0.25) is 19.8 Å². The molecular formula is C22H17N3O4S2. The van der Waals surface area contributed by atoms with E-state index in [4.69, 9.17) is 17.0 Å². The number of thioether (sulfide) groups is 1. The van der Waals surface area contributed by atoms with Crippen molar-refractivity contribution in [1.82, 2.24) is 4.57 Å². The molecule has 156 valence electrons. The average molecular weight is 452 g/mol. The monoisotopic (exact) mass is 451 g/mol. The third-order valence-electron chi connectivity index (χ3n) is 4.60. The maximum atomic E-state index is 13.1. The zero-order valence-electron chi connectivity index (χ0n) is 16.4. The minimum absolute atomic E-state index is 0.0219. The lowest BCUT2D eigenvalue weighted by Crippen LogP contribution is -2.27. The molecule has 0 radical (unpaired) electrons. The zero-order chi connectivity index (χ0) is 22.0. The first-order valence-electron chi connectivity index (χ1n) is 9.41. The third-order valence-corrected chi connectivity index (χ3v) is 5.90. The van der Waals surface area contributed by atoms with Gasteiger partial charge in [-0.1, -0.05) is 24.0 Å². The topological polar surface area (TPSA) is 77.6 Å². The van der Waals surface area contributed by atoms with Gasteiger partial charge in [-0.05, 0) is 61.5 Å². The maximum absolute atomic E-state index is 13.1. The normalized spacial score (nSPS) is 15.0. The Labute approximate surface area is 188 Å². The largest absolute Gasteiger partial charge is 0.494 e. The predicted molar refractivity (Wildman–Crippen MR) is 126 cm³/mol. The minimum Gasteiger partial charge on any atom is -0.494 e. The molecule has 1 aliphatic heterocycles. The van der Waals surface area contributed by atoms with Crippen LogP contribution in [0, 0.1) is 10.1 Å². The van der Waals surface area contributed by atoms with Gasteiger partial charge in [0.2, 0.25) is 0 Å². The highest BCUT2D eigenvalue weighted by molar-refractivity contribution is 8.27. The molecule has 4 rings (SSSR count). The fraction of sp³-hybridized carbons (Fsp3) is 0.0909. The Bertz CT molecular complexity index is 1180. The van der Waals surface area contributed by atoms with Crippen molar-refractivity contribution < 1.29 is 14.5 Å². The number of nitrogens with zero attached hydrogens (tertiary/aromatic N) is 3. The van der Waals surface area contributed by atoms with E-state index in [2.05, 4.69) is 0 Å². The van der Waals surface area contributed by atoms with Gasteiger partial charge in [0.05, 0.1) is 22.1 Å².